The van der Waals surface area contributed by atoms with E-state index in [1.165, 1.54) is 12.1 Å². The SMILES string of the molecule is CC(C)C(NC(=O)c1ccc(Cl)c([N+](=O)[O-])c1)C(=O)N(C)Cc1ccccc1. The van der Waals surface area contributed by atoms with E-state index in [9.17, 15) is 19.7 Å². The molecule has 8 heteroatoms. The molecule has 0 aliphatic carbocycles. The number of nitrogens with zero attached hydrogens (tertiary/aromatic N) is 2. The molecule has 1 unspecified atom stereocenters. The summed E-state index contributed by atoms with van der Waals surface area (Å²) in [7, 11) is 1.67. The number of nitro benzene ring substituents is 1. The van der Waals surface area contributed by atoms with Crippen molar-refractivity contribution in [3.05, 3.63) is 74.8 Å². The number of carbonyl (C=O) groups is 2. The van der Waals surface area contributed by atoms with Gasteiger partial charge in [-0.15, -0.1) is 0 Å². The maximum absolute atomic E-state index is 12.9. The summed E-state index contributed by atoms with van der Waals surface area (Å²) in [5.41, 5.74) is 0.684. The van der Waals surface area contributed by atoms with E-state index >= 15 is 0 Å². The van der Waals surface area contributed by atoms with Crippen molar-refractivity contribution in [2.45, 2.75) is 26.4 Å². The number of halogens is 1. The summed E-state index contributed by atoms with van der Waals surface area (Å²) in [4.78, 5) is 37.4. The first-order valence-electron chi connectivity index (χ1n) is 8.74. The fourth-order valence-corrected chi connectivity index (χ4v) is 2.89. The van der Waals surface area contributed by atoms with Crippen LogP contribution in [0.5, 0.6) is 0 Å². The standard InChI is InChI=1S/C20H22ClN3O4/c1-13(2)18(20(26)23(3)12-14-7-5-4-6-8-14)22-19(25)15-9-10-16(21)17(11-15)24(27)28/h4-11,13,18H,12H2,1-3H3,(H,22,25). The van der Waals surface area contributed by atoms with Crippen molar-refractivity contribution < 1.29 is 14.5 Å². The Kier molecular flexibility index (Phi) is 7.12. The highest BCUT2D eigenvalue weighted by molar-refractivity contribution is 6.32. The number of benzene rings is 2. The van der Waals surface area contributed by atoms with Crippen LogP contribution in [0.3, 0.4) is 0 Å². The van der Waals surface area contributed by atoms with Gasteiger partial charge in [0, 0.05) is 25.2 Å². The maximum atomic E-state index is 12.9. The van der Waals surface area contributed by atoms with Gasteiger partial charge in [0.15, 0.2) is 0 Å². The van der Waals surface area contributed by atoms with Gasteiger partial charge in [0.1, 0.15) is 11.1 Å². The highest BCUT2D eigenvalue weighted by Crippen LogP contribution is 2.25. The Balaban J connectivity index is 2.15. The molecule has 0 aliphatic rings. The summed E-state index contributed by atoms with van der Waals surface area (Å²) >= 11 is 5.79. The Morgan fingerprint density at radius 3 is 2.39 bits per heavy atom. The van der Waals surface area contributed by atoms with Crippen molar-refractivity contribution >= 4 is 29.1 Å². The topological polar surface area (TPSA) is 92.5 Å². The second-order valence-corrected chi connectivity index (χ2v) is 7.21. The third kappa shape index (κ3) is 5.29. The van der Waals surface area contributed by atoms with E-state index in [1.807, 2.05) is 44.2 Å². The van der Waals surface area contributed by atoms with Crippen molar-refractivity contribution in [2.75, 3.05) is 7.05 Å². The minimum absolute atomic E-state index is 0.0550. The van der Waals surface area contributed by atoms with Crippen LogP contribution in [0.1, 0.15) is 29.8 Å². The molecular formula is C20H22ClN3O4. The Morgan fingerprint density at radius 2 is 1.82 bits per heavy atom. The van der Waals surface area contributed by atoms with Gasteiger partial charge in [-0.25, -0.2) is 0 Å². The van der Waals surface area contributed by atoms with Gasteiger partial charge in [-0.2, -0.15) is 0 Å². The molecule has 0 radical (unpaired) electrons. The number of amides is 2. The van der Waals surface area contributed by atoms with E-state index in [-0.39, 0.29) is 28.1 Å². The van der Waals surface area contributed by atoms with Crippen LogP contribution in [0.2, 0.25) is 5.02 Å². The van der Waals surface area contributed by atoms with Crippen LogP contribution in [0.15, 0.2) is 48.5 Å². The molecular weight excluding hydrogens is 382 g/mol. The van der Waals surface area contributed by atoms with Crippen LogP contribution in [-0.2, 0) is 11.3 Å². The smallest absolute Gasteiger partial charge is 0.288 e. The summed E-state index contributed by atoms with van der Waals surface area (Å²) in [6.45, 7) is 4.05. The lowest BCUT2D eigenvalue weighted by Crippen LogP contribution is -2.50. The minimum Gasteiger partial charge on any atom is -0.340 e. The third-order valence-electron chi connectivity index (χ3n) is 4.26. The molecule has 0 saturated heterocycles. The van der Waals surface area contributed by atoms with Gasteiger partial charge in [-0.05, 0) is 23.6 Å². The van der Waals surface area contributed by atoms with Gasteiger partial charge < -0.3 is 10.2 Å². The molecule has 2 aromatic rings. The zero-order valence-corrected chi connectivity index (χ0v) is 16.6. The van der Waals surface area contributed by atoms with E-state index < -0.39 is 16.9 Å². The lowest BCUT2D eigenvalue weighted by Gasteiger charge is -2.27. The van der Waals surface area contributed by atoms with E-state index in [0.717, 1.165) is 11.6 Å². The Morgan fingerprint density at radius 1 is 1.18 bits per heavy atom. The van der Waals surface area contributed by atoms with Gasteiger partial charge in [0.25, 0.3) is 11.6 Å². The Labute approximate surface area is 168 Å². The van der Waals surface area contributed by atoms with Crippen molar-refractivity contribution in [1.82, 2.24) is 10.2 Å². The van der Waals surface area contributed by atoms with Crippen LogP contribution in [0.4, 0.5) is 5.69 Å². The molecule has 2 aromatic carbocycles. The predicted octanol–water partition coefficient (Wildman–Crippen LogP) is 3.66. The monoisotopic (exact) mass is 403 g/mol. The summed E-state index contributed by atoms with van der Waals surface area (Å²) in [5.74, 6) is -0.979. The predicted molar refractivity (Wildman–Crippen MR) is 107 cm³/mol. The van der Waals surface area contributed by atoms with Crippen molar-refractivity contribution in [3.8, 4) is 0 Å². The lowest BCUT2D eigenvalue weighted by atomic mass is 10.0. The number of rotatable bonds is 7. The average Bonchev–Trinajstić information content (AvgIpc) is 2.66. The maximum Gasteiger partial charge on any atom is 0.288 e. The molecule has 7 nitrogen and oxygen atoms in total. The number of nitrogens with one attached hydrogen (secondary N) is 1. The highest BCUT2D eigenvalue weighted by atomic mass is 35.5. The fourth-order valence-electron chi connectivity index (χ4n) is 2.70. The summed E-state index contributed by atoms with van der Waals surface area (Å²) < 4.78 is 0. The normalized spacial score (nSPS) is 11.8. The summed E-state index contributed by atoms with van der Waals surface area (Å²) in [6.07, 6.45) is 0. The van der Waals surface area contributed by atoms with Crippen molar-refractivity contribution in [2.24, 2.45) is 5.92 Å². The molecule has 2 rings (SSSR count). The molecule has 1 N–H and O–H groups in total. The van der Waals surface area contributed by atoms with Crippen LogP contribution in [-0.4, -0.2) is 34.7 Å². The second kappa shape index (κ2) is 9.32. The zero-order chi connectivity index (χ0) is 20.8. The molecule has 0 bridgehead atoms. The zero-order valence-electron chi connectivity index (χ0n) is 15.9. The van der Waals surface area contributed by atoms with E-state index in [0.29, 0.717) is 6.54 Å². The molecule has 0 fully saturated rings. The van der Waals surface area contributed by atoms with Gasteiger partial charge in [0.2, 0.25) is 5.91 Å². The first-order valence-corrected chi connectivity index (χ1v) is 9.12. The van der Waals surface area contributed by atoms with Crippen LogP contribution < -0.4 is 5.32 Å². The van der Waals surface area contributed by atoms with E-state index in [2.05, 4.69) is 5.32 Å². The quantitative estimate of drug-likeness (QED) is 0.564. The molecule has 0 saturated carbocycles. The highest BCUT2D eigenvalue weighted by Gasteiger charge is 2.28. The second-order valence-electron chi connectivity index (χ2n) is 6.80. The van der Waals surface area contributed by atoms with Crippen LogP contribution in [0, 0.1) is 16.0 Å². The van der Waals surface area contributed by atoms with Gasteiger partial charge >= 0.3 is 0 Å². The number of nitro groups is 1. The van der Waals surface area contributed by atoms with Crippen LogP contribution in [0.25, 0.3) is 0 Å². The molecule has 2 amide bonds. The minimum atomic E-state index is -0.768. The van der Waals surface area contributed by atoms with Gasteiger partial charge in [0.05, 0.1) is 4.92 Å². The summed E-state index contributed by atoms with van der Waals surface area (Å²) in [6, 6.07) is 12.5. The first-order chi connectivity index (χ1) is 13.2. The van der Waals surface area contributed by atoms with E-state index in [4.69, 9.17) is 11.6 Å². The average molecular weight is 404 g/mol. The molecule has 0 spiro atoms. The third-order valence-corrected chi connectivity index (χ3v) is 4.58. The molecule has 1 atom stereocenters. The van der Waals surface area contributed by atoms with Crippen molar-refractivity contribution in [1.29, 1.82) is 0 Å². The van der Waals surface area contributed by atoms with Gasteiger partial charge in [-0.1, -0.05) is 55.8 Å². The molecule has 0 heterocycles. The number of carbonyl (C=O) groups excluding carboxylic acids is 2. The number of hydrogen-bond acceptors (Lipinski definition) is 4. The van der Waals surface area contributed by atoms with E-state index in [1.54, 1.807) is 11.9 Å². The molecule has 0 aliphatic heterocycles. The van der Waals surface area contributed by atoms with Crippen molar-refractivity contribution in [3.63, 3.8) is 0 Å². The Hall–Kier alpha value is -2.93. The number of likely N-dealkylation sites (N-methyl/N-ethyl adjacent to an activating group) is 1. The molecule has 0 aromatic heterocycles. The summed E-state index contributed by atoms with van der Waals surface area (Å²) in [5, 5.41) is 13.7. The first kappa shape index (κ1) is 21.4. The molecule has 148 valence electrons. The fraction of sp³-hybridized carbons (Fsp3) is 0.300. The number of hydrogen-bond donors (Lipinski definition) is 1. The van der Waals surface area contributed by atoms with Gasteiger partial charge in [-0.3, -0.25) is 19.7 Å². The van der Waals surface area contributed by atoms with Crippen LogP contribution >= 0.6 is 11.6 Å². The Bertz CT molecular complexity index is 871. The lowest BCUT2D eigenvalue weighted by molar-refractivity contribution is -0.384. The largest absolute Gasteiger partial charge is 0.340 e. The molecule has 28 heavy (non-hydrogen) atoms.